The Balaban J connectivity index is 1.73. The molecule has 1 aromatic rings. The predicted octanol–water partition coefficient (Wildman–Crippen LogP) is -0.0185. The van der Waals surface area contributed by atoms with Crippen LogP contribution in [-0.2, 0) is 20.9 Å². The number of nitrogens with two attached hydrogens (primary N) is 1. The lowest BCUT2D eigenvalue weighted by Crippen LogP contribution is -2.55. The lowest BCUT2D eigenvalue weighted by molar-refractivity contribution is -0.124. The molecule has 8 heteroatoms. The molecule has 5 N–H and O–H groups in total. The number of rotatable bonds is 7. The van der Waals surface area contributed by atoms with Gasteiger partial charge in [0.25, 0.3) is 0 Å². The first-order valence-electron chi connectivity index (χ1n) is 7.70. The molecule has 24 heavy (non-hydrogen) atoms. The van der Waals surface area contributed by atoms with E-state index >= 15 is 0 Å². The quantitative estimate of drug-likeness (QED) is 0.552. The lowest BCUT2D eigenvalue weighted by Gasteiger charge is -2.30. The second kappa shape index (κ2) is 8.70. The first-order chi connectivity index (χ1) is 11.4. The van der Waals surface area contributed by atoms with Gasteiger partial charge in [0, 0.05) is 25.4 Å². The number of carbonyl (C=O) groups is 3. The highest BCUT2D eigenvalue weighted by molar-refractivity contribution is 8.00. The standard InChI is InChI=1S/C16H22N4O3S/c1-10-2-4-11(5-3-10)8-18-15(23)9-24-16-19-12(6-13(17)21)7-14(22)20-16/h2-5,12,16,19H,6-9H2,1H3,(H2,17,21)(H,18,23)(H,20,22). The molecule has 0 aliphatic carbocycles. The Bertz CT molecular complexity index is 604. The summed E-state index contributed by atoms with van der Waals surface area (Å²) in [6.45, 7) is 2.48. The second-order valence-corrected chi connectivity index (χ2v) is 6.85. The first kappa shape index (κ1) is 18.3. The van der Waals surface area contributed by atoms with Crippen LogP contribution >= 0.6 is 11.8 Å². The molecule has 2 unspecified atom stereocenters. The number of nitrogens with one attached hydrogen (secondary N) is 3. The monoisotopic (exact) mass is 350 g/mol. The molecule has 0 bridgehead atoms. The van der Waals surface area contributed by atoms with E-state index in [1.54, 1.807) is 0 Å². The van der Waals surface area contributed by atoms with Crippen LogP contribution in [0.1, 0.15) is 24.0 Å². The third kappa shape index (κ3) is 6.21. The molecular weight excluding hydrogens is 328 g/mol. The van der Waals surface area contributed by atoms with Crippen molar-refractivity contribution in [2.75, 3.05) is 5.75 Å². The molecule has 1 aromatic carbocycles. The maximum atomic E-state index is 11.9. The Labute approximate surface area is 145 Å². The van der Waals surface area contributed by atoms with Gasteiger partial charge < -0.3 is 16.4 Å². The summed E-state index contributed by atoms with van der Waals surface area (Å²) in [5, 5.41) is 8.67. The van der Waals surface area contributed by atoms with Crippen LogP contribution in [0.15, 0.2) is 24.3 Å². The van der Waals surface area contributed by atoms with Gasteiger partial charge in [0.1, 0.15) is 5.50 Å². The van der Waals surface area contributed by atoms with Crippen molar-refractivity contribution in [3.8, 4) is 0 Å². The molecule has 1 fully saturated rings. The zero-order valence-electron chi connectivity index (χ0n) is 13.5. The van der Waals surface area contributed by atoms with Crippen molar-refractivity contribution in [1.82, 2.24) is 16.0 Å². The van der Waals surface area contributed by atoms with E-state index in [9.17, 15) is 14.4 Å². The largest absolute Gasteiger partial charge is 0.370 e. The third-order valence-electron chi connectivity index (χ3n) is 3.55. The Morgan fingerprint density at radius 1 is 1.33 bits per heavy atom. The fourth-order valence-corrected chi connectivity index (χ4v) is 3.25. The molecule has 1 saturated heterocycles. The van der Waals surface area contributed by atoms with E-state index in [0.29, 0.717) is 6.54 Å². The van der Waals surface area contributed by atoms with Crippen LogP contribution in [0.5, 0.6) is 0 Å². The Kier molecular flexibility index (Phi) is 6.62. The van der Waals surface area contributed by atoms with E-state index in [0.717, 1.165) is 5.56 Å². The molecule has 1 heterocycles. The fourth-order valence-electron chi connectivity index (χ4n) is 2.32. The number of hydrogen-bond acceptors (Lipinski definition) is 5. The second-order valence-electron chi connectivity index (χ2n) is 5.76. The molecule has 0 saturated carbocycles. The number of hydrogen-bond donors (Lipinski definition) is 4. The number of thioether (sulfide) groups is 1. The molecule has 2 atom stereocenters. The van der Waals surface area contributed by atoms with Gasteiger partial charge in [0.05, 0.1) is 5.75 Å². The van der Waals surface area contributed by atoms with Gasteiger partial charge in [0.15, 0.2) is 0 Å². The van der Waals surface area contributed by atoms with Crippen molar-refractivity contribution in [2.45, 2.75) is 37.8 Å². The van der Waals surface area contributed by atoms with Gasteiger partial charge in [-0.2, -0.15) is 0 Å². The molecule has 1 aliphatic rings. The van der Waals surface area contributed by atoms with Crippen LogP contribution in [0.4, 0.5) is 0 Å². The summed E-state index contributed by atoms with van der Waals surface area (Å²) < 4.78 is 0. The van der Waals surface area contributed by atoms with Gasteiger partial charge in [-0.05, 0) is 12.5 Å². The summed E-state index contributed by atoms with van der Waals surface area (Å²) in [5.74, 6) is -0.527. The molecule has 1 aliphatic heterocycles. The predicted molar refractivity (Wildman–Crippen MR) is 92.8 cm³/mol. The number of aryl methyl sites for hydroxylation is 1. The SMILES string of the molecule is Cc1ccc(CNC(=O)CSC2NC(=O)CC(CC(N)=O)N2)cc1. The van der Waals surface area contributed by atoms with Gasteiger partial charge >= 0.3 is 0 Å². The third-order valence-corrected chi connectivity index (χ3v) is 4.57. The smallest absolute Gasteiger partial charge is 0.230 e. The Morgan fingerprint density at radius 3 is 2.71 bits per heavy atom. The van der Waals surface area contributed by atoms with Gasteiger partial charge in [-0.25, -0.2) is 0 Å². The normalized spacial score (nSPS) is 20.3. The van der Waals surface area contributed by atoms with E-state index in [1.807, 2.05) is 31.2 Å². The summed E-state index contributed by atoms with van der Waals surface area (Å²) in [5.41, 5.74) is 6.96. The van der Waals surface area contributed by atoms with E-state index in [4.69, 9.17) is 5.73 Å². The van der Waals surface area contributed by atoms with Crippen molar-refractivity contribution in [3.63, 3.8) is 0 Å². The first-order valence-corrected chi connectivity index (χ1v) is 8.75. The molecule has 0 radical (unpaired) electrons. The Hall–Kier alpha value is -2.06. The molecule has 7 nitrogen and oxygen atoms in total. The molecule has 130 valence electrons. The maximum Gasteiger partial charge on any atom is 0.230 e. The van der Waals surface area contributed by atoms with Crippen molar-refractivity contribution in [2.24, 2.45) is 5.73 Å². The average molecular weight is 350 g/mol. The summed E-state index contributed by atoms with van der Waals surface area (Å²) >= 11 is 1.27. The van der Waals surface area contributed by atoms with Crippen LogP contribution in [0, 0.1) is 6.92 Å². The summed E-state index contributed by atoms with van der Waals surface area (Å²) in [4.78, 5) is 34.5. The van der Waals surface area contributed by atoms with E-state index in [1.165, 1.54) is 17.3 Å². The van der Waals surface area contributed by atoms with Gasteiger partial charge in [-0.3, -0.25) is 19.7 Å². The van der Waals surface area contributed by atoms with E-state index in [-0.39, 0.29) is 36.5 Å². The summed E-state index contributed by atoms with van der Waals surface area (Å²) in [6.07, 6.45) is 0.309. The van der Waals surface area contributed by atoms with Crippen molar-refractivity contribution >= 4 is 29.5 Å². The zero-order valence-corrected chi connectivity index (χ0v) is 14.3. The lowest BCUT2D eigenvalue weighted by atomic mass is 10.1. The number of amides is 3. The minimum absolute atomic E-state index is 0.101. The molecular formula is C16H22N4O3S. The van der Waals surface area contributed by atoms with Gasteiger partial charge in [-0.1, -0.05) is 29.8 Å². The minimum Gasteiger partial charge on any atom is -0.370 e. The number of carbonyl (C=O) groups excluding carboxylic acids is 3. The van der Waals surface area contributed by atoms with Crippen LogP contribution in [0.3, 0.4) is 0 Å². The molecule has 0 spiro atoms. The van der Waals surface area contributed by atoms with Gasteiger partial charge in [-0.15, -0.1) is 11.8 Å². The van der Waals surface area contributed by atoms with E-state index in [2.05, 4.69) is 16.0 Å². The van der Waals surface area contributed by atoms with E-state index < -0.39 is 11.4 Å². The minimum atomic E-state index is -0.457. The zero-order chi connectivity index (χ0) is 17.5. The Morgan fingerprint density at radius 2 is 2.04 bits per heavy atom. The number of primary amides is 1. The number of benzene rings is 1. The molecule has 0 aromatic heterocycles. The van der Waals surface area contributed by atoms with Crippen LogP contribution in [0.2, 0.25) is 0 Å². The highest BCUT2D eigenvalue weighted by Crippen LogP contribution is 2.13. The van der Waals surface area contributed by atoms with Crippen molar-refractivity contribution in [1.29, 1.82) is 0 Å². The molecule has 2 rings (SSSR count). The topological polar surface area (TPSA) is 113 Å². The van der Waals surface area contributed by atoms with Crippen LogP contribution in [-0.4, -0.2) is 35.0 Å². The van der Waals surface area contributed by atoms with Crippen molar-refractivity contribution in [3.05, 3.63) is 35.4 Å². The van der Waals surface area contributed by atoms with Crippen LogP contribution < -0.4 is 21.7 Å². The van der Waals surface area contributed by atoms with Crippen LogP contribution in [0.25, 0.3) is 0 Å². The summed E-state index contributed by atoms with van der Waals surface area (Å²) in [7, 11) is 0. The highest BCUT2D eigenvalue weighted by Gasteiger charge is 2.27. The maximum absolute atomic E-state index is 11.9. The van der Waals surface area contributed by atoms with Crippen molar-refractivity contribution < 1.29 is 14.4 Å². The average Bonchev–Trinajstić information content (AvgIpc) is 2.51. The summed E-state index contributed by atoms with van der Waals surface area (Å²) in [6, 6.07) is 7.65. The van der Waals surface area contributed by atoms with Gasteiger partial charge in [0.2, 0.25) is 17.7 Å². The highest BCUT2D eigenvalue weighted by atomic mass is 32.2. The molecule has 3 amide bonds. The fraction of sp³-hybridized carbons (Fsp3) is 0.438.